The molecule has 1 saturated heterocycles. The van der Waals surface area contributed by atoms with Crippen LogP contribution in [0.2, 0.25) is 0 Å². The van der Waals surface area contributed by atoms with Crippen LogP contribution in [0.5, 0.6) is 5.88 Å². The standard InChI is InChI=1S/C31H40N6O6/c1-29(2,3)43-28(41)34-30(4,5)26(39)33-22(19-42-24-14-10-11-16-32-24)25(38)37-17-15-23-31(20-37,27(40)36(6)35-23)18-21-12-8-7-9-13-21/h7-14,16,22H,15,17-20H2,1-6H3,(H,33,39)(H,34,41)/t22-,31-/m1/s1. The van der Waals surface area contributed by atoms with Crippen molar-refractivity contribution in [1.82, 2.24) is 25.5 Å². The molecule has 12 nitrogen and oxygen atoms in total. The van der Waals surface area contributed by atoms with E-state index in [0.29, 0.717) is 19.4 Å². The molecule has 2 aromatic rings. The number of hydrogen-bond acceptors (Lipinski definition) is 8. The molecule has 3 heterocycles. The van der Waals surface area contributed by atoms with Crippen LogP contribution in [0.4, 0.5) is 4.79 Å². The molecule has 4 amide bonds. The number of hydrogen-bond donors (Lipinski definition) is 2. The third-order valence-corrected chi connectivity index (χ3v) is 7.29. The molecule has 43 heavy (non-hydrogen) atoms. The SMILES string of the molecule is CN1N=C2CCN(C(=O)[C@@H](COc3ccccn3)NC(=O)C(C)(C)NC(=O)OC(C)(C)C)C[C@@]2(Cc2ccccc2)C1=O. The zero-order valence-corrected chi connectivity index (χ0v) is 25.5. The highest BCUT2D eigenvalue weighted by Crippen LogP contribution is 2.38. The fourth-order valence-corrected chi connectivity index (χ4v) is 5.17. The Morgan fingerprint density at radius 1 is 1.05 bits per heavy atom. The van der Waals surface area contributed by atoms with Crippen molar-refractivity contribution in [3.05, 3.63) is 60.3 Å². The number of pyridine rings is 1. The van der Waals surface area contributed by atoms with Crippen LogP contribution in [0, 0.1) is 5.41 Å². The van der Waals surface area contributed by atoms with E-state index in [1.807, 2.05) is 30.3 Å². The molecule has 230 valence electrons. The zero-order valence-electron chi connectivity index (χ0n) is 25.5. The number of hydrazone groups is 1. The first-order valence-corrected chi connectivity index (χ1v) is 14.2. The van der Waals surface area contributed by atoms with Crippen molar-refractivity contribution in [2.75, 3.05) is 26.7 Å². The monoisotopic (exact) mass is 592 g/mol. The highest BCUT2D eigenvalue weighted by atomic mass is 16.6. The first-order chi connectivity index (χ1) is 20.2. The molecule has 0 radical (unpaired) electrons. The van der Waals surface area contributed by atoms with Gasteiger partial charge in [-0.05, 0) is 52.7 Å². The van der Waals surface area contributed by atoms with Gasteiger partial charge in [0.15, 0.2) is 0 Å². The normalized spacial score (nSPS) is 19.2. The van der Waals surface area contributed by atoms with Crippen molar-refractivity contribution in [3.8, 4) is 5.88 Å². The average Bonchev–Trinajstić information content (AvgIpc) is 3.18. The Balaban J connectivity index is 1.56. The molecule has 12 heteroatoms. The summed E-state index contributed by atoms with van der Waals surface area (Å²) in [5, 5.41) is 11.2. The Morgan fingerprint density at radius 3 is 2.40 bits per heavy atom. The smallest absolute Gasteiger partial charge is 0.408 e. The largest absolute Gasteiger partial charge is 0.475 e. The second kappa shape index (κ2) is 12.4. The number of nitrogens with one attached hydrogen (secondary N) is 2. The van der Waals surface area contributed by atoms with E-state index in [4.69, 9.17) is 9.47 Å². The van der Waals surface area contributed by atoms with E-state index in [0.717, 1.165) is 11.3 Å². The number of benzene rings is 1. The maximum Gasteiger partial charge on any atom is 0.408 e. The zero-order chi connectivity index (χ0) is 31.4. The Morgan fingerprint density at radius 2 is 1.74 bits per heavy atom. The number of amides is 4. The molecule has 1 aromatic heterocycles. The van der Waals surface area contributed by atoms with Gasteiger partial charge in [0, 0.05) is 38.8 Å². The van der Waals surface area contributed by atoms with Crippen LogP contribution >= 0.6 is 0 Å². The molecular weight excluding hydrogens is 552 g/mol. The molecule has 2 aliphatic heterocycles. The predicted octanol–water partition coefficient (Wildman–Crippen LogP) is 2.54. The van der Waals surface area contributed by atoms with Crippen LogP contribution in [0.25, 0.3) is 0 Å². The van der Waals surface area contributed by atoms with E-state index in [-0.39, 0.29) is 24.9 Å². The summed E-state index contributed by atoms with van der Waals surface area (Å²) in [6, 6.07) is 13.6. The first-order valence-electron chi connectivity index (χ1n) is 14.2. The van der Waals surface area contributed by atoms with Gasteiger partial charge in [-0.2, -0.15) is 5.10 Å². The van der Waals surface area contributed by atoms with Gasteiger partial charge in [0.1, 0.15) is 29.2 Å². The van der Waals surface area contributed by atoms with Gasteiger partial charge in [0.2, 0.25) is 17.7 Å². The third-order valence-electron chi connectivity index (χ3n) is 7.29. The molecule has 1 aromatic carbocycles. The van der Waals surface area contributed by atoms with Gasteiger partial charge in [-0.3, -0.25) is 14.4 Å². The fourth-order valence-electron chi connectivity index (χ4n) is 5.17. The molecule has 0 spiro atoms. The van der Waals surface area contributed by atoms with Crippen molar-refractivity contribution in [1.29, 1.82) is 0 Å². The van der Waals surface area contributed by atoms with Crippen LogP contribution < -0.4 is 15.4 Å². The highest BCUT2D eigenvalue weighted by molar-refractivity contribution is 6.13. The maximum absolute atomic E-state index is 14.1. The van der Waals surface area contributed by atoms with Crippen LogP contribution in [0.1, 0.15) is 46.6 Å². The Kier molecular flexibility index (Phi) is 9.07. The van der Waals surface area contributed by atoms with Gasteiger partial charge in [-0.1, -0.05) is 36.4 Å². The van der Waals surface area contributed by atoms with Crippen LogP contribution in [-0.4, -0.2) is 88.3 Å². The van der Waals surface area contributed by atoms with E-state index in [1.165, 1.54) is 18.9 Å². The summed E-state index contributed by atoms with van der Waals surface area (Å²) in [5.74, 6) is -0.943. The second-order valence-electron chi connectivity index (χ2n) is 12.4. The number of piperidine rings is 1. The molecule has 0 bridgehead atoms. The lowest BCUT2D eigenvalue weighted by molar-refractivity contribution is -0.143. The highest BCUT2D eigenvalue weighted by Gasteiger charge is 2.54. The molecular formula is C31H40N6O6. The Labute approximate surface area is 251 Å². The minimum atomic E-state index is -1.42. The molecule has 1 fully saturated rings. The van der Waals surface area contributed by atoms with E-state index in [1.54, 1.807) is 57.1 Å². The molecule has 2 atom stereocenters. The number of alkyl carbamates (subject to hydrolysis) is 1. The number of likely N-dealkylation sites (tertiary alicyclic amines) is 1. The number of rotatable bonds is 9. The lowest BCUT2D eigenvalue weighted by Crippen LogP contribution is -2.63. The van der Waals surface area contributed by atoms with Gasteiger partial charge in [-0.15, -0.1) is 0 Å². The minimum Gasteiger partial charge on any atom is -0.475 e. The molecule has 2 N–H and O–H groups in total. The lowest BCUT2D eigenvalue weighted by Gasteiger charge is -2.41. The van der Waals surface area contributed by atoms with Crippen LogP contribution in [0.3, 0.4) is 0 Å². The van der Waals surface area contributed by atoms with E-state index in [9.17, 15) is 19.2 Å². The van der Waals surface area contributed by atoms with Crippen molar-refractivity contribution in [2.24, 2.45) is 10.5 Å². The summed E-state index contributed by atoms with van der Waals surface area (Å²) in [6.07, 6.45) is 1.57. The summed E-state index contributed by atoms with van der Waals surface area (Å²) in [4.78, 5) is 59.3. The summed E-state index contributed by atoms with van der Waals surface area (Å²) in [6.45, 7) is 8.36. The second-order valence-corrected chi connectivity index (χ2v) is 12.4. The van der Waals surface area contributed by atoms with Crippen molar-refractivity contribution >= 4 is 29.5 Å². The molecule has 0 aliphatic carbocycles. The molecule has 2 aliphatic rings. The number of ether oxygens (including phenoxy) is 2. The number of carbonyl (C=O) groups excluding carboxylic acids is 4. The summed E-state index contributed by atoms with van der Waals surface area (Å²) >= 11 is 0. The summed E-state index contributed by atoms with van der Waals surface area (Å²) in [5.41, 5.74) is -1.51. The van der Waals surface area contributed by atoms with Crippen LogP contribution in [-0.2, 0) is 25.5 Å². The van der Waals surface area contributed by atoms with Crippen molar-refractivity contribution in [3.63, 3.8) is 0 Å². The molecule has 0 saturated carbocycles. The first kappa shape index (κ1) is 31.5. The van der Waals surface area contributed by atoms with Gasteiger partial charge < -0.3 is 25.0 Å². The van der Waals surface area contributed by atoms with E-state index < -0.39 is 40.5 Å². The number of carbonyl (C=O) groups is 4. The van der Waals surface area contributed by atoms with Crippen LogP contribution in [0.15, 0.2) is 59.8 Å². The maximum atomic E-state index is 14.1. The van der Waals surface area contributed by atoms with Crippen molar-refractivity contribution < 1.29 is 28.7 Å². The summed E-state index contributed by atoms with van der Waals surface area (Å²) < 4.78 is 11.1. The molecule has 0 unspecified atom stereocenters. The summed E-state index contributed by atoms with van der Waals surface area (Å²) in [7, 11) is 1.62. The van der Waals surface area contributed by atoms with Gasteiger partial charge in [-0.25, -0.2) is 14.8 Å². The quantitative estimate of drug-likeness (QED) is 0.456. The molecule has 4 rings (SSSR count). The van der Waals surface area contributed by atoms with E-state index in [2.05, 4.69) is 20.7 Å². The van der Waals surface area contributed by atoms with E-state index >= 15 is 0 Å². The average molecular weight is 593 g/mol. The minimum absolute atomic E-state index is 0.0955. The Bertz CT molecular complexity index is 1370. The lowest BCUT2D eigenvalue weighted by atomic mass is 9.73. The van der Waals surface area contributed by atoms with Crippen molar-refractivity contribution in [2.45, 2.75) is 64.6 Å². The number of fused-ring (bicyclic) bond motifs is 1. The predicted molar refractivity (Wildman–Crippen MR) is 159 cm³/mol. The topological polar surface area (TPSA) is 143 Å². The Hall–Kier alpha value is -4.48. The fraction of sp³-hybridized carbons (Fsp3) is 0.484. The number of nitrogens with zero attached hydrogens (tertiary/aromatic N) is 4. The number of aromatic nitrogens is 1. The van der Waals surface area contributed by atoms with Gasteiger partial charge in [0.05, 0.1) is 5.71 Å². The third kappa shape index (κ3) is 7.49. The van der Waals surface area contributed by atoms with Gasteiger partial charge >= 0.3 is 6.09 Å². The van der Waals surface area contributed by atoms with Gasteiger partial charge in [0.25, 0.3) is 5.91 Å².